The van der Waals surface area contributed by atoms with Crippen molar-refractivity contribution in [2.45, 2.75) is 61.9 Å². The molecule has 1 spiro atoms. The Balaban J connectivity index is 1.38. The summed E-state index contributed by atoms with van der Waals surface area (Å²) >= 11 is 0. The molecule has 4 heterocycles. The largest absolute Gasteiger partial charge is 0.385 e. The number of hydrogen-bond acceptors (Lipinski definition) is 8. The van der Waals surface area contributed by atoms with Crippen LogP contribution < -0.4 is 0 Å². The quantitative estimate of drug-likeness (QED) is 0.377. The van der Waals surface area contributed by atoms with Gasteiger partial charge in [-0.3, -0.25) is 15.0 Å². The van der Waals surface area contributed by atoms with Gasteiger partial charge < -0.3 is 24.3 Å². The van der Waals surface area contributed by atoms with Gasteiger partial charge in [-0.05, 0) is 31.9 Å². The Hall–Kier alpha value is -2.86. The molecule has 2 aromatic carbocycles. The topological polar surface area (TPSA) is 119 Å². The lowest BCUT2D eigenvalue weighted by molar-refractivity contribution is -0.595. The van der Waals surface area contributed by atoms with Crippen LogP contribution in [0.4, 0.5) is 0 Å². The van der Waals surface area contributed by atoms with Crippen molar-refractivity contribution in [1.29, 1.82) is 0 Å². The molecule has 1 aliphatic carbocycles. The standard InChI is InChI=1S/C29H33N3O7/c1-27(2)37-16-28(17-38-27)20-12-13-31-25(23-19-10-6-7-11-21(19)30-24(23)28)29(26(20)33,32(34)35)22(39-31)15-36-14-18-8-4-3-5-9-18/h3-11,20,22,25-26,30,33H,12-17H2,1-2H3/t20?,22-,25?,26?,29+/m0/s1. The van der Waals surface area contributed by atoms with Crippen LogP contribution in [0.5, 0.6) is 0 Å². The van der Waals surface area contributed by atoms with Crippen molar-refractivity contribution in [3.05, 3.63) is 81.5 Å². The smallest absolute Gasteiger partial charge is 0.299 e. The van der Waals surface area contributed by atoms with Crippen molar-refractivity contribution in [2.24, 2.45) is 5.92 Å². The molecule has 0 saturated carbocycles. The maximum atomic E-state index is 13.3. The van der Waals surface area contributed by atoms with Crippen molar-refractivity contribution in [1.82, 2.24) is 10.0 Å². The summed E-state index contributed by atoms with van der Waals surface area (Å²) in [6.07, 6.45) is -1.83. The molecule has 0 amide bonds. The number of hydrogen-bond donors (Lipinski definition) is 2. The lowest BCUT2D eigenvalue weighted by Gasteiger charge is -2.49. The summed E-state index contributed by atoms with van der Waals surface area (Å²) in [7, 11) is 0. The number of aliphatic hydroxyl groups is 1. The zero-order chi connectivity index (χ0) is 27.0. The first kappa shape index (κ1) is 25.1. The predicted octanol–water partition coefficient (Wildman–Crippen LogP) is 3.47. The molecule has 2 N–H and O–H groups in total. The van der Waals surface area contributed by atoms with E-state index in [1.165, 1.54) is 0 Å². The molecular weight excluding hydrogens is 502 g/mol. The van der Waals surface area contributed by atoms with Crippen LogP contribution in [0.1, 0.15) is 43.1 Å². The normalized spacial score (nSPS) is 34.1. The molecule has 4 aliphatic rings. The first-order valence-corrected chi connectivity index (χ1v) is 13.5. The van der Waals surface area contributed by atoms with Gasteiger partial charge in [-0.2, -0.15) is 5.06 Å². The number of aromatic nitrogens is 1. The van der Waals surface area contributed by atoms with Crippen molar-refractivity contribution in [3.8, 4) is 0 Å². The number of fused-ring (bicyclic) bond motifs is 6. The fraction of sp³-hybridized carbons (Fsp3) is 0.517. The fourth-order valence-corrected chi connectivity index (χ4v) is 7.37. The Morgan fingerprint density at radius 1 is 1.13 bits per heavy atom. The minimum atomic E-state index is -1.85. The summed E-state index contributed by atoms with van der Waals surface area (Å²) in [6, 6.07) is 16.7. The van der Waals surface area contributed by atoms with Gasteiger partial charge in [0.25, 0.3) is 5.54 Å². The number of rotatable bonds is 5. The van der Waals surface area contributed by atoms with E-state index in [0.29, 0.717) is 13.0 Å². The number of nitro groups is 1. The Kier molecular flexibility index (Phi) is 5.68. The van der Waals surface area contributed by atoms with E-state index in [9.17, 15) is 15.2 Å². The van der Waals surface area contributed by atoms with E-state index in [1.807, 2.05) is 68.4 Å². The Bertz CT molecular complexity index is 1400. The Morgan fingerprint density at radius 2 is 1.85 bits per heavy atom. The van der Waals surface area contributed by atoms with Crippen molar-refractivity contribution >= 4 is 10.9 Å². The number of H-pyrrole nitrogens is 1. The van der Waals surface area contributed by atoms with Gasteiger partial charge in [0.1, 0.15) is 12.1 Å². The fourth-order valence-electron chi connectivity index (χ4n) is 7.37. The van der Waals surface area contributed by atoms with Crippen molar-refractivity contribution in [2.75, 3.05) is 26.4 Å². The van der Waals surface area contributed by atoms with Gasteiger partial charge in [-0.1, -0.05) is 48.5 Å². The molecule has 7 rings (SSSR count). The van der Waals surface area contributed by atoms with E-state index >= 15 is 0 Å². The molecule has 10 nitrogen and oxygen atoms in total. The van der Waals surface area contributed by atoms with Gasteiger partial charge in [0.2, 0.25) is 0 Å². The van der Waals surface area contributed by atoms with Crippen LogP contribution in [0, 0.1) is 16.0 Å². The summed E-state index contributed by atoms with van der Waals surface area (Å²) in [4.78, 5) is 23.0. The van der Waals surface area contributed by atoms with Crippen LogP contribution in [-0.4, -0.2) is 70.0 Å². The van der Waals surface area contributed by atoms with Gasteiger partial charge in [0.05, 0.1) is 31.8 Å². The molecule has 4 bridgehead atoms. The molecule has 4 unspecified atom stereocenters. The lowest BCUT2D eigenvalue weighted by atomic mass is 9.66. The Labute approximate surface area is 225 Å². The first-order valence-electron chi connectivity index (χ1n) is 13.5. The van der Waals surface area contributed by atoms with Crippen LogP contribution in [-0.2, 0) is 31.1 Å². The zero-order valence-electron chi connectivity index (χ0n) is 22.0. The second-order valence-corrected chi connectivity index (χ2v) is 11.7. The number of nitrogens with zero attached hydrogens (tertiary/aromatic N) is 2. The van der Waals surface area contributed by atoms with Crippen molar-refractivity contribution < 1.29 is 29.1 Å². The second kappa shape index (κ2) is 8.82. The monoisotopic (exact) mass is 535 g/mol. The molecule has 10 heteroatoms. The maximum absolute atomic E-state index is 13.3. The summed E-state index contributed by atoms with van der Waals surface area (Å²) in [5, 5.41) is 28.2. The molecule has 1 aromatic heterocycles. The zero-order valence-corrected chi connectivity index (χ0v) is 22.0. The van der Waals surface area contributed by atoms with Gasteiger partial charge in [0.15, 0.2) is 11.9 Å². The van der Waals surface area contributed by atoms with Crippen LogP contribution in [0.2, 0.25) is 0 Å². The molecular formula is C29H33N3O7. The van der Waals surface area contributed by atoms with Gasteiger partial charge in [-0.25, -0.2) is 0 Å². The lowest BCUT2D eigenvalue weighted by Crippen LogP contribution is -2.64. The minimum Gasteiger partial charge on any atom is -0.385 e. The molecule has 3 fully saturated rings. The third-order valence-corrected chi connectivity index (χ3v) is 9.30. The summed E-state index contributed by atoms with van der Waals surface area (Å²) in [5.41, 5.74) is 0.802. The number of benzene rings is 2. The average Bonchev–Trinajstić information content (AvgIpc) is 3.39. The van der Waals surface area contributed by atoms with E-state index in [4.69, 9.17) is 19.0 Å². The number of aromatic amines is 1. The van der Waals surface area contributed by atoms with E-state index in [0.717, 1.165) is 27.7 Å². The number of hydroxylamine groups is 2. The SMILES string of the molecule is CC1(C)OCC2(CO1)c1[nH]c3ccccc3c1C1N3CCC2C(O)[C@@]1([N+](=O)[O-])[C@H](COCc1ccccc1)O3. The van der Waals surface area contributed by atoms with Crippen LogP contribution in [0.15, 0.2) is 54.6 Å². The summed E-state index contributed by atoms with van der Waals surface area (Å²) < 4.78 is 18.5. The molecule has 6 atom stereocenters. The highest BCUT2D eigenvalue weighted by atomic mass is 16.7. The van der Waals surface area contributed by atoms with E-state index in [2.05, 4.69) is 4.98 Å². The minimum absolute atomic E-state index is 0.0304. The highest BCUT2D eigenvalue weighted by Gasteiger charge is 2.77. The average molecular weight is 536 g/mol. The molecule has 3 aliphatic heterocycles. The van der Waals surface area contributed by atoms with Crippen molar-refractivity contribution in [3.63, 3.8) is 0 Å². The van der Waals surface area contributed by atoms with Gasteiger partial charge in [0, 0.05) is 39.5 Å². The highest BCUT2D eigenvalue weighted by molar-refractivity contribution is 5.86. The number of nitrogens with one attached hydrogen (secondary N) is 1. The molecule has 39 heavy (non-hydrogen) atoms. The van der Waals surface area contributed by atoms with Gasteiger partial charge >= 0.3 is 0 Å². The van der Waals surface area contributed by atoms with Gasteiger partial charge in [-0.15, -0.1) is 0 Å². The third kappa shape index (κ3) is 3.49. The van der Waals surface area contributed by atoms with Crippen LogP contribution in [0.3, 0.4) is 0 Å². The summed E-state index contributed by atoms with van der Waals surface area (Å²) in [6.45, 7) is 4.97. The van der Waals surface area contributed by atoms with Crippen LogP contribution >= 0.6 is 0 Å². The van der Waals surface area contributed by atoms with Crippen LogP contribution in [0.25, 0.3) is 10.9 Å². The molecule has 3 saturated heterocycles. The summed E-state index contributed by atoms with van der Waals surface area (Å²) in [5.74, 6) is -1.30. The van der Waals surface area contributed by atoms with E-state index < -0.39 is 40.9 Å². The number of ether oxygens (including phenoxy) is 3. The third-order valence-electron chi connectivity index (χ3n) is 9.30. The highest BCUT2D eigenvalue weighted by Crippen LogP contribution is 2.61. The van der Waals surface area contributed by atoms with E-state index in [-0.39, 0.29) is 31.4 Å². The maximum Gasteiger partial charge on any atom is 0.299 e. The predicted molar refractivity (Wildman–Crippen MR) is 140 cm³/mol. The number of para-hydroxylation sites is 1. The molecule has 0 radical (unpaired) electrons. The number of aliphatic hydroxyl groups excluding tert-OH is 1. The second-order valence-electron chi connectivity index (χ2n) is 11.7. The molecule has 206 valence electrons. The van der Waals surface area contributed by atoms with E-state index in [1.54, 1.807) is 5.06 Å². The molecule has 3 aromatic rings. The first-order chi connectivity index (χ1) is 18.8. The Morgan fingerprint density at radius 3 is 2.59 bits per heavy atom.